The molecule has 1 unspecified atom stereocenters. The third kappa shape index (κ3) is 1.94. The predicted octanol–water partition coefficient (Wildman–Crippen LogP) is -0.272. The Hall–Kier alpha value is -2.05. The second-order valence-corrected chi connectivity index (χ2v) is 5.19. The first kappa shape index (κ1) is 12.0. The quantitative estimate of drug-likeness (QED) is 0.787. The van der Waals surface area contributed by atoms with Gasteiger partial charge in [-0.1, -0.05) is 6.92 Å². The van der Waals surface area contributed by atoms with Gasteiger partial charge in [-0.15, -0.1) is 0 Å². The van der Waals surface area contributed by atoms with Crippen LogP contribution in [0.1, 0.15) is 19.4 Å². The van der Waals surface area contributed by atoms with Gasteiger partial charge in [0.1, 0.15) is 6.04 Å². The van der Waals surface area contributed by atoms with E-state index in [-0.39, 0.29) is 23.5 Å². The molecule has 1 atom stereocenters. The molecule has 3 heterocycles. The van der Waals surface area contributed by atoms with E-state index in [2.05, 4.69) is 15.7 Å². The lowest BCUT2D eigenvalue weighted by atomic mass is 9.90. The smallest absolute Gasteiger partial charge is 0.315 e. The molecule has 2 aliphatic rings. The van der Waals surface area contributed by atoms with E-state index >= 15 is 0 Å². The molecule has 0 aromatic carbocycles. The van der Waals surface area contributed by atoms with E-state index in [1.165, 1.54) is 0 Å². The molecule has 0 bridgehead atoms. The molecular formula is C12H17N5O2. The van der Waals surface area contributed by atoms with E-state index in [4.69, 9.17) is 0 Å². The fourth-order valence-corrected chi connectivity index (χ4v) is 2.76. The highest BCUT2D eigenvalue weighted by Crippen LogP contribution is 2.26. The van der Waals surface area contributed by atoms with Gasteiger partial charge in [-0.25, -0.2) is 4.79 Å². The minimum Gasteiger partial charge on any atom is -0.336 e. The second-order valence-electron chi connectivity index (χ2n) is 5.19. The zero-order valence-electron chi connectivity index (χ0n) is 10.8. The van der Waals surface area contributed by atoms with E-state index in [1.807, 2.05) is 13.0 Å². The lowest BCUT2D eigenvalue weighted by Gasteiger charge is -2.47. The van der Waals surface area contributed by atoms with Crippen LogP contribution in [0, 0.1) is 0 Å². The van der Waals surface area contributed by atoms with Crippen molar-refractivity contribution in [1.29, 1.82) is 0 Å². The van der Waals surface area contributed by atoms with Crippen molar-refractivity contribution in [1.82, 2.24) is 25.3 Å². The molecule has 0 radical (unpaired) electrons. The van der Waals surface area contributed by atoms with Crippen molar-refractivity contribution in [3.63, 3.8) is 0 Å². The number of likely N-dealkylation sites (tertiary alicyclic amines) is 1. The Labute approximate surface area is 110 Å². The number of nitrogens with zero attached hydrogens (tertiary/aromatic N) is 3. The van der Waals surface area contributed by atoms with Crippen molar-refractivity contribution in [2.24, 2.45) is 0 Å². The summed E-state index contributed by atoms with van der Waals surface area (Å²) in [5.74, 6) is 0.0676. The summed E-state index contributed by atoms with van der Waals surface area (Å²) in [6, 6.07) is 1.41. The number of carbonyl (C=O) groups excluding carboxylic acids is 2. The third-order valence-corrected chi connectivity index (χ3v) is 3.78. The fourth-order valence-electron chi connectivity index (χ4n) is 2.76. The third-order valence-electron chi connectivity index (χ3n) is 3.78. The first-order chi connectivity index (χ1) is 9.13. The highest BCUT2D eigenvalue weighted by molar-refractivity contribution is 5.83. The van der Waals surface area contributed by atoms with E-state index < -0.39 is 0 Å². The van der Waals surface area contributed by atoms with Crippen LogP contribution >= 0.6 is 0 Å². The minimum absolute atomic E-state index is 0.0676. The standard InChI is InChI=1S/C12H17N5O2/c1-2-9(17-5-3-4-14-17)10(18)16-7-12(8-16)6-13-11(19)15-12/h3-5,9H,2,6-8H2,1H3,(H2,13,15,19). The number of carbonyl (C=O) groups is 2. The number of nitrogens with one attached hydrogen (secondary N) is 2. The Morgan fingerprint density at radius 2 is 2.37 bits per heavy atom. The van der Waals surface area contributed by atoms with Gasteiger partial charge in [0.25, 0.3) is 0 Å². The molecule has 0 saturated carbocycles. The maximum Gasteiger partial charge on any atom is 0.315 e. The Bertz CT molecular complexity index is 492. The number of rotatable bonds is 3. The normalized spacial score (nSPS) is 21.7. The maximum absolute atomic E-state index is 12.4. The summed E-state index contributed by atoms with van der Waals surface area (Å²) < 4.78 is 1.69. The largest absolute Gasteiger partial charge is 0.336 e. The van der Waals surface area contributed by atoms with Crippen molar-refractivity contribution in [2.45, 2.75) is 24.9 Å². The molecular weight excluding hydrogens is 246 g/mol. The average Bonchev–Trinajstić information content (AvgIpc) is 2.97. The van der Waals surface area contributed by atoms with Gasteiger partial charge in [-0.2, -0.15) is 5.10 Å². The summed E-state index contributed by atoms with van der Waals surface area (Å²) in [5.41, 5.74) is -0.255. The monoisotopic (exact) mass is 263 g/mol. The van der Waals surface area contributed by atoms with Crippen LogP contribution in [0.4, 0.5) is 4.79 Å². The van der Waals surface area contributed by atoms with Crippen LogP contribution in [0.15, 0.2) is 18.5 Å². The van der Waals surface area contributed by atoms with Gasteiger partial charge in [-0.3, -0.25) is 9.48 Å². The molecule has 7 nitrogen and oxygen atoms in total. The summed E-state index contributed by atoms with van der Waals surface area (Å²) in [7, 11) is 0. The fraction of sp³-hybridized carbons (Fsp3) is 0.583. The zero-order valence-corrected chi connectivity index (χ0v) is 10.8. The van der Waals surface area contributed by atoms with E-state index in [9.17, 15) is 9.59 Å². The topological polar surface area (TPSA) is 79.3 Å². The molecule has 2 aliphatic heterocycles. The molecule has 102 valence electrons. The van der Waals surface area contributed by atoms with Crippen LogP contribution in [0.3, 0.4) is 0 Å². The zero-order chi connectivity index (χ0) is 13.5. The number of aromatic nitrogens is 2. The molecule has 2 N–H and O–H groups in total. The Morgan fingerprint density at radius 3 is 2.89 bits per heavy atom. The molecule has 2 fully saturated rings. The molecule has 7 heteroatoms. The molecule has 1 spiro atoms. The van der Waals surface area contributed by atoms with Crippen molar-refractivity contribution in [3.8, 4) is 0 Å². The molecule has 0 aliphatic carbocycles. The summed E-state index contributed by atoms with van der Waals surface area (Å²) in [5, 5.41) is 9.75. The predicted molar refractivity (Wildman–Crippen MR) is 67.4 cm³/mol. The van der Waals surface area contributed by atoms with Crippen molar-refractivity contribution >= 4 is 11.9 Å². The maximum atomic E-state index is 12.4. The molecule has 3 rings (SSSR count). The first-order valence-corrected chi connectivity index (χ1v) is 6.47. The molecule has 2 saturated heterocycles. The molecule has 1 aromatic rings. The SMILES string of the molecule is CCC(C(=O)N1CC2(CNC(=O)N2)C1)n1cccn1. The summed E-state index contributed by atoms with van der Waals surface area (Å²) in [4.78, 5) is 25.4. The highest BCUT2D eigenvalue weighted by Gasteiger charge is 2.50. The average molecular weight is 263 g/mol. The van der Waals surface area contributed by atoms with Crippen LogP contribution < -0.4 is 10.6 Å². The van der Waals surface area contributed by atoms with Gasteiger partial charge < -0.3 is 15.5 Å². The Morgan fingerprint density at radius 1 is 1.58 bits per heavy atom. The van der Waals surface area contributed by atoms with Gasteiger partial charge in [0.15, 0.2) is 0 Å². The number of urea groups is 1. The number of hydrogen-bond acceptors (Lipinski definition) is 3. The van der Waals surface area contributed by atoms with Crippen LogP contribution in [0.2, 0.25) is 0 Å². The summed E-state index contributed by atoms with van der Waals surface area (Å²) in [6.45, 7) is 3.71. The van der Waals surface area contributed by atoms with Gasteiger partial charge in [-0.05, 0) is 12.5 Å². The van der Waals surface area contributed by atoms with Crippen LogP contribution in [-0.4, -0.2) is 51.8 Å². The molecule has 19 heavy (non-hydrogen) atoms. The number of hydrogen-bond donors (Lipinski definition) is 2. The van der Waals surface area contributed by atoms with Crippen molar-refractivity contribution < 1.29 is 9.59 Å². The Balaban J connectivity index is 1.65. The van der Waals surface area contributed by atoms with Gasteiger partial charge in [0, 0.05) is 32.0 Å². The summed E-state index contributed by atoms with van der Waals surface area (Å²) in [6.07, 6.45) is 4.18. The number of amides is 3. The van der Waals surface area contributed by atoms with E-state index in [0.29, 0.717) is 26.1 Å². The van der Waals surface area contributed by atoms with Gasteiger partial charge >= 0.3 is 6.03 Å². The van der Waals surface area contributed by atoms with Crippen molar-refractivity contribution in [2.75, 3.05) is 19.6 Å². The van der Waals surface area contributed by atoms with Crippen LogP contribution in [-0.2, 0) is 4.79 Å². The lowest BCUT2D eigenvalue weighted by molar-refractivity contribution is -0.143. The van der Waals surface area contributed by atoms with Crippen LogP contribution in [0.5, 0.6) is 0 Å². The second kappa shape index (κ2) is 4.25. The van der Waals surface area contributed by atoms with Crippen molar-refractivity contribution in [3.05, 3.63) is 18.5 Å². The van der Waals surface area contributed by atoms with Gasteiger partial charge in [0.05, 0.1) is 5.54 Å². The molecule has 3 amide bonds. The van der Waals surface area contributed by atoms with E-state index in [1.54, 1.807) is 22.0 Å². The lowest BCUT2D eigenvalue weighted by Crippen LogP contribution is -2.70. The van der Waals surface area contributed by atoms with Crippen LogP contribution in [0.25, 0.3) is 0 Å². The van der Waals surface area contributed by atoms with E-state index in [0.717, 1.165) is 0 Å². The molecule has 1 aromatic heterocycles. The Kier molecular flexibility index (Phi) is 2.69. The van der Waals surface area contributed by atoms with Gasteiger partial charge in [0.2, 0.25) is 5.91 Å². The highest BCUT2D eigenvalue weighted by atomic mass is 16.2. The first-order valence-electron chi connectivity index (χ1n) is 6.47. The minimum atomic E-state index is -0.255. The summed E-state index contributed by atoms with van der Waals surface area (Å²) >= 11 is 0.